The predicted octanol–water partition coefficient (Wildman–Crippen LogP) is 3.94. The van der Waals surface area contributed by atoms with Crippen molar-refractivity contribution in [2.24, 2.45) is 5.73 Å². The molecular weight excluding hydrogens is 232 g/mol. The van der Waals surface area contributed by atoms with Crippen LogP contribution in [0.2, 0.25) is 5.02 Å². The molecule has 2 aromatic rings. The van der Waals surface area contributed by atoms with Crippen LogP contribution in [0.3, 0.4) is 0 Å². The van der Waals surface area contributed by atoms with E-state index >= 15 is 0 Å². The van der Waals surface area contributed by atoms with Gasteiger partial charge in [0.05, 0.1) is 5.02 Å². The second-order valence-corrected chi connectivity index (χ2v) is 5.52. The Morgan fingerprint density at radius 1 is 1.18 bits per heavy atom. The predicted molar refractivity (Wildman–Crippen MR) is 72.3 cm³/mol. The Morgan fingerprint density at radius 3 is 2.71 bits per heavy atom. The third-order valence-electron chi connectivity index (χ3n) is 3.95. The van der Waals surface area contributed by atoms with E-state index in [4.69, 9.17) is 17.3 Å². The van der Waals surface area contributed by atoms with E-state index in [2.05, 4.69) is 23.2 Å². The van der Waals surface area contributed by atoms with Crippen molar-refractivity contribution in [3.8, 4) is 0 Å². The van der Waals surface area contributed by atoms with Gasteiger partial charge in [0.25, 0.3) is 0 Å². The molecule has 2 nitrogen and oxygen atoms in total. The molecule has 3 N–H and O–H groups in total. The highest BCUT2D eigenvalue weighted by molar-refractivity contribution is 6.35. The molecule has 1 aromatic heterocycles. The fourth-order valence-corrected chi connectivity index (χ4v) is 3.09. The fraction of sp³-hybridized carbons (Fsp3) is 0.429. The third kappa shape index (κ3) is 1.85. The summed E-state index contributed by atoms with van der Waals surface area (Å²) in [6.07, 6.45) is 7.80. The summed E-state index contributed by atoms with van der Waals surface area (Å²) in [6.45, 7) is 0. The average Bonchev–Trinajstić information content (AvgIpc) is 2.72. The zero-order valence-electron chi connectivity index (χ0n) is 9.80. The van der Waals surface area contributed by atoms with Gasteiger partial charge in [-0.1, -0.05) is 43.0 Å². The summed E-state index contributed by atoms with van der Waals surface area (Å²) >= 11 is 6.08. The van der Waals surface area contributed by atoms with E-state index in [0.717, 1.165) is 28.8 Å². The first-order valence-electron chi connectivity index (χ1n) is 6.25. The van der Waals surface area contributed by atoms with Crippen molar-refractivity contribution < 1.29 is 0 Å². The summed E-state index contributed by atoms with van der Waals surface area (Å²) in [4.78, 5) is 3.20. The van der Waals surface area contributed by atoms with Crippen LogP contribution < -0.4 is 5.73 Å². The molecule has 1 fully saturated rings. The van der Waals surface area contributed by atoms with Crippen LogP contribution in [0.1, 0.15) is 37.7 Å². The van der Waals surface area contributed by atoms with Gasteiger partial charge in [-0.25, -0.2) is 0 Å². The molecule has 90 valence electrons. The van der Waals surface area contributed by atoms with Crippen molar-refractivity contribution in [1.82, 2.24) is 4.98 Å². The van der Waals surface area contributed by atoms with E-state index in [1.165, 1.54) is 24.8 Å². The lowest BCUT2D eigenvalue weighted by molar-refractivity contribution is 0.302. The van der Waals surface area contributed by atoms with E-state index in [9.17, 15) is 0 Å². The highest BCUT2D eigenvalue weighted by Gasteiger charge is 2.29. The standard InChI is InChI=1S/C14H17ClN2/c15-12-9-17-13-8-10(4-5-11(12)13)14(16)6-2-1-3-7-14/h4-5,8-9,17H,1-3,6-7,16H2. The number of nitrogens with one attached hydrogen (secondary N) is 1. The first kappa shape index (κ1) is 11.1. The number of hydrogen-bond donors (Lipinski definition) is 2. The van der Waals surface area contributed by atoms with E-state index in [1.54, 1.807) is 0 Å². The highest BCUT2D eigenvalue weighted by atomic mass is 35.5. The van der Waals surface area contributed by atoms with Crippen LogP contribution in [0.25, 0.3) is 10.9 Å². The molecule has 0 saturated heterocycles. The van der Waals surface area contributed by atoms with Gasteiger partial charge < -0.3 is 10.7 Å². The maximum atomic E-state index is 6.53. The fourth-order valence-electron chi connectivity index (χ4n) is 2.87. The number of fused-ring (bicyclic) bond motifs is 1. The second-order valence-electron chi connectivity index (χ2n) is 5.11. The molecule has 0 radical (unpaired) electrons. The highest BCUT2D eigenvalue weighted by Crippen LogP contribution is 2.36. The first-order chi connectivity index (χ1) is 8.19. The molecule has 0 aliphatic heterocycles. The molecule has 3 heteroatoms. The largest absolute Gasteiger partial charge is 0.360 e. The molecule has 0 amide bonds. The molecule has 1 aliphatic carbocycles. The van der Waals surface area contributed by atoms with Crippen LogP contribution in [-0.2, 0) is 5.54 Å². The Balaban J connectivity index is 2.05. The third-order valence-corrected chi connectivity index (χ3v) is 4.26. The van der Waals surface area contributed by atoms with E-state index in [0.29, 0.717) is 0 Å². The molecule has 1 aliphatic rings. The summed E-state index contributed by atoms with van der Waals surface area (Å²) in [5.74, 6) is 0. The van der Waals surface area contributed by atoms with Crippen LogP contribution in [-0.4, -0.2) is 4.98 Å². The monoisotopic (exact) mass is 248 g/mol. The smallest absolute Gasteiger partial charge is 0.0659 e. The van der Waals surface area contributed by atoms with Gasteiger partial charge in [-0.05, 0) is 24.5 Å². The maximum absolute atomic E-state index is 6.53. The Labute approximate surface area is 106 Å². The van der Waals surface area contributed by atoms with Gasteiger partial charge >= 0.3 is 0 Å². The summed E-state index contributed by atoms with van der Waals surface area (Å²) in [5.41, 5.74) is 8.72. The Hall–Kier alpha value is -0.990. The minimum absolute atomic E-state index is 0.135. The van der Waals surface area contributed by atoms with Crippen molar-refractivity contribution >= 4 is 22.5 Å². The summed E-state index contributed by atoms with van der Waals surface area (Å²) in [7, 11) is 0. The number of benzene rings is 1. The van der Waals surface area contributed by atoms with Gasteiger partial charge in [-0.2, -0.15) is 0 Å². The van der Waals surface area contributed by atoms with Gasteiger partial charge in [0.1, 0.15) is 0 Å². The molecule has 1 saturated carbocycles. The number of H-pyrrole nitrogens is 1. The normalized spacial score (nSPS) is 19.6. The zero-order chi connectivity index (χ0) is 11.9. The lowest BCUT2D eigenvalue weighted by Gasteiger charge is -2.34. The summed E-state index contributed by atoms with van der Waals surface area (Å²) in [6, 6.07) is 6.37. The van der Waals surface area contributed by atoms with Crippen molar-refractivity contribution in [2.75, 3.05) is 0 Å². The van der Waals surface area contributed by atoms with E-state index in [-0.39, 0.29) is 5.54 Å². The van der Waals surface area contributed by atoms with Gasteiger partial charge in [-0.3, -0.25) is 0 Å². The van der Waals surface area contributed by atoms with Crippen LogP contribution in [0.4, 0.5) is 0 Å². The van der Waals surface area contributed by atoms with Gasteiger partial charge in [-0.15, -0.1) is 0 Å². The van der Waals surface area contributed by atoms with Crippen LogP contribution in [0, 0.1) is 0 Å². The molecule has 0 atom stereocenters. The molecule has 0 spiro atoms. The molecule has 17 heavy (non-hydrogen) atoms. The van der Waals surface area contributed by atoms with Crippen molar-refractivity contribution in [1.29, 1.82) is 0 Å². The van der Waals surface area contributed by atoms with Crippen molar-refractivity contribution in [2.45, 2.75) is 37.6 Å². The Bertz CT molecular complexity index is 538. The van der Waals surface area contributed by atoms with Crippen molar-refractivity contribution in [3.05, 3.63) is 35.0 Å². The van der Waals surface area contributed by atoms with Crippen LogP contribution in [0.5, 0.6) is 0 Å². The van der Waals surface area contributed by atoms with Gasteiger partial charge in [0, 0.05) is 22.6 Å². The number of halogens is 1. The Morgan fingerprint density at radius 2 is 1.94 bits per heavy atom. The number of hydrogen-bond acceptors (Lipinski definition) is 1. The Kier molecular flexibility index (Phi) is 2.64. The summed E-state index contributed by atoms with van der Waals surface area (Å²) < 4.78 is 0. The quantitative estimate of drug-likeness (QED) is 0.789. The van der Waals surface area contributed by atoms with E-state index in [1.807, 2.05) is 6.20 Å². The lowest BCUT2D eigenvalue weighted by atomic mass is 9.77. The maximum Gasteiger partial charge on any atom is 0.0659 e. The van der Waals surface area contributed by atoms with Crippen LogP contribution >= 0.6 is 11.6 Å². The average molecular weight is 249 g/mol. The molecule has 0 unspecified atom stereocenters. The number of aromatic nitrogens is 1. The molecule has 1 aromatic carbocycles. The van der Waals surface area contributed by atoms with Crippen LogP contribution in [0.15, 0.2) is 24.4 Å². The number of rotatable bonds is 1. The zero-order valence-corrected chi connectivity index (χ0v) is 10.6. The minimum Gasteiger partial charge on any atom is -0.360 e. The number of aromatic amines is 1. The van der Waals surface area contributed by atoms with Gasteiger partial charge in [0.15, 0.2) is 0 Å². The second kappa shape index (κ2) is 4.04. The number of nitrogens with two attached hydrogens (primary N) is 1. The van der Waals surface area contributed by atoms with E-state index < -0.39 is 0 Å². The lowest BCUT2D eigenvalue weighted by Crippen LogP contribution is -2.38. The topological polar surface area (TPSA) is 41.8 Å². The summed E-state index contributed by atoms with van der Waals surface area (Å²) in [5, 5.41) is 1.86. The van der Waals surface area contributed by atoms with Gasteiger partial charge in [0.2, 0.25) is 0 Å². The SMILES string of the molecule is NC1(c2ccc3c(Cl)c[nH]c3c2)CCCCC1. The molecule has 0 bridgehead atoms. The first-order valence-corrected chi connectivity index (χ1v) is 6.63. The molecule has 1 heterocycles. The van der Waals surface area contributed by atoms with Crippen molar-refractivity contribution in [3.63, 3.8) is 0 Å². The molecule has 3 rings (SSSR count). The molecular formula is C14H17ClN2. The minimum atomic E-state index is -0.135.